The molecule has 0 aromatic carbocycles. The molecule has 0 bridgehead atoms. The van der Waals surface area contributed by atoms with Crippen LogP contribution in [-0.4, -0.2) is 26.6 Å². The summed E-state index contributed by atoms with van der Waals surface area (Å²) >= 11 is 0. The summed E-state index contributed by atoms with van der Waals surface area (Å²) in [6, 6.07) is 0. The van der Waals surface area contributed by atoms with E-state index in [1.54, 1.807) is 0 Å². The average molecular weight is 144 g/mol. The van der Waals surface area contributed by atoms with Crippen molar-refractivity contribution in [2.24, 2.45) is 0 Å². The summed E-state index contributed by atoms with van der Waals surface area (Å²) in [6.07, 6.45) is 1.39. The number of hydrogen-bond acceptors (Lipinski definition) is 3. The fraction of sp³-hybridized carbons (Fsp3) is 0.571. The molecule has 0 N–H and O–H groups in total. The minimum Gasteiger partial charge on any atom is -0.504 e. The second kappa shape index (κ2) is 4.99. The quantitative estimate of drug-likeness (QED) is 0.431. The van der Waals surface area contributed by atoms with E-state index in [1.807, 2.05) is 0 Å². The molecular weight excluding hydrogens is 132 g/mol. The van der Waals surface area contributed by atoms with Crippen molar-refractivity contribution in [3.05, 3.63) is 11.8 Å². The van der Waals surface area contributed by atoms with Crippen molar-refractivity contribution in [1.82, 2.24) is 0 Å². The van der Waals surface area contributed by atoms with E-state index in [1.165, 1.54) is 27.4 Å². The van der Waals surface area contributed by atoms with Gasteiger partial charge in [0.05, 0.1) is 25.6 Å². The van der Waals surface area contributed by atoms with Gasteiger partial charge in [-0.05, 0) is 6.92 Å². The molecule has 10 heavy (non-hydrogen) atoms. The highest BCUT2D eigenvalue weighted by molar-refractivity contribution is 5.93. The van der Waals surface area contributed by atoms with Gasteiger partial charge >= 0.3 is 0 Å². The molecule has 0 aromatic heterocycles. The van der Waals surface area contributed by atoms with E-state index >= 15 is 0 Å². The van der Waals surface area contributed by atoms with Gasteiger partial charge < -0.3 is 9.47 Å². The van der Waals surface area contributed by atoms with Crippen LogP contribution in [0.4, 0.5) is 0 Å². The third-order valence-electron chi connectivity index (χ3n) is 1.01. The Morgan fingerprint density at radius 3 is 2.40 bits per heavy atom. The van der Waals surface area contributed by atoms with Gasteiger partial charge in [0.2, 0.25) is 0 Å². The van der Waals surface area contributed by atoms with E-state index < -0.39 is 0 Å². The zero-order chi connectivity index (χ0) is 7.98. The maximum Gasteiger partial charge on any atom is 0.161 e. The summed E-state index contributed by atoms with van der Waals surface area (Å²) in [5, 5.41) is 0. The van der Waals surface area contributed by atoms with Crippen molar-refractivity contribution in [2.45, 2.75) is 6.92 Å². The number of rotatable bonds is 4. The van der Waals surface area contributed by atoms with Crippen LogP contribution in [0.2, 0.25) is 0 Å². The lowest BCUT2D eigenvalue weighted by Crippen LogP contribution is -2.03. The molecule has 0 heterocycles. The normalized spacial score (nSPS) is 11.3. The molecule has 0 amide bonds. The van der Waals surface area contributed by atoms with Crippen molar-refractivity contribution < 1.29 is 14.3 Å². The Bertz CT molecular complexity index is 138. The van der Waals surface area contributed by atoms with E-state index in [9.17, 15) is 4.79 Å². The first-order valence-electron chi connectivity index (χ1n) is 2.94. The number of carbonyl (C=O) groups excluding carboxylic acids is 1. The Morgan fingerprint density at radius 2 is 2.10 bits per heavy atom. The topological polar surface area (TPSA) is 35.5 Å². The lowest BCUT2D eigenvalue weighted by atomic mass is 10.2. The van der Waals surface area contributed by atoms with Gasteiger partial charge in [-0.3, -0.25) is 4.79 Å². The summed E-state index contributed by atoms with van der Waals surface area (Å²) < 4.78 is 9.40. The molecular formula is C7H12O3. The molecule has 0 saturated carbocycles. The third kappa shape index (κ3) is 3.25. The van der Waals surface area contributed by atoms with Gasteiger partial charge in [-0.2, -0.15) is 0 Å². The first-order valence-corrected chi connectivity index (χ1v) is 2.94. The average Bonchev–Trinajstić information content (AvgIpc) is 1.87. The van der Waals surface area contributed by atoms with Crippen molar-refractivity contribution in [1.29, 1.82) is 0 Å². The summed E-state index contributed by atoms with van der Waals surface area (Å²) in [5.41, 5.74) is 0.546. The number of ketones is 1. The van der Waals surface area contributed by atoms with Crippen LogP contribution in [0.15, 0.2) is 11.8 Å². The molecule has 0 fully saturated rings. The lowest BCUT2D eigenvalue weighted by molar-refractivity contribution is -0.114. The summed E-state index contributed by atoms with van der Waals surface area (Å²) in [6.45, 7) is 1.78. The standard InChI is InChI=1S/C7H12O3/c1-6(8)7(4-9-2)5-10-3/h4H,5H2,1-3H3/b7-4-. The smallest absolute Gasteiger partial charge is 0.161 e. The van der Waals surface area contributed by atoms with Crippen LogP contribution < -0.4 is 0 Å². The van der Waals surface area contributed by atoms with Gasteiger partial charge in [-0.25, -0.2) is 0 Å². The molecule has 0 saturated heterocycles. The van der Waals surface area contributed by atoms with Crippen molar-refractivity contribution in [3.8, 4) is 0 Å². The van der Waals surface area contributed by atoms with Gasteiger partial charge in [-0.15, -0.1) is 0 Å². The van der Waals surface area contributed by atoms with Crippen LogP contribution in [-0.2, 0) is 14.3 Å². The van der Waals surface area contributed by atoms with Crippen molar-refractivity contribution in [3.63, 3.8) is 0 Å². The molecule has 0 radical (unpaired) electrons. The van der Waals surface area contributed by atoms with Gasteiger partial charge in [-0.1, -0.05) is 0 Å². The molecule has 0 atom stereocenters. The van der Waals surface area contributed by atoms with Gasteiger partial charge in [0, 0.05) is 7.11 Å². The Morgan fingerprint density at radius 1 is 1.50 bits per heavy atom. The van der Waals surface area contributed by atoms with Crippen LogP contribution >= 0.6 is 0 Å². The second-order valence-corrected chi connectivity index (χ2v) is 1.87. The SMILES string of the molecule is CO/C=C(/COC)C(C)=O. The number of carbonyl (C=O) groups is 1. The molecule has 0 aliphatic rings. The number of Topliss-reactive ketones (excluding diaryl/α,β-unsaturated/α-hetero) is 1. The highest BCUT2D eigenvalue weighted by Crippen LogP contribution is 1.95. The van der Waals surface area contributed by atoms with Crippen LogP contribution in [0, 0.1) is 0 Å². The second-order valence-electron chi connectivity index (χ2n) is 1.87. The zero-order valence-corrected chi connectivity index (χ0v) is 6.51. The largest absolute Gasteiger partial charge is 0.504 e. The molecule has 0 spiro atoms. The number of hydrogen-bond donors (Lipinski definition) is 0. The van der Waals surface area contributed by atoms with E-state index in [2.05, 4.69) is 4.74 Å². The predicted molar refractivity (Wildman–Crippen MR) is 37.6 cm³/mol. The molecule has 0 aliphatic heterocycles. The molecule has 0 rings (SSSR count). The number of methoxy groups -OCH3 is 2. The van der Waals surface area contributed by atoms with Crippen LogP contribution in [0.3, 0.4) is 0 Å². The Labute approximate surface area is 60.6 Å². The van der Waals surface area contributed by atoms with Crippen LogP contribution in [0.5, 0.6) is 0 Å². The van der Waals surface area contributed by atoms with E-state index in [-0.39, 0.29) is 5.78 Å². The molecule has 3 nitrogen and oxygen atoms in total. The summed E-state index contributed by atoms with van der Waals surface area (Å²) in [7, 11) is 3.03. The predicted octanol–water partition coefficient (Wildman–Crippen LogP) is 0.752. The fourth-order valence-corrected chi connectivity index (χ4v) is 0.516. The Hall–Kier alpha value is -0.830. The minimum absolute atomic E-state index is 0.0244. The first-order chi connectivity index (χ1) is 4.72. The van der Waals surface area contributed by atoms with Crippen molar-refractivity contribution >= 4 is 5.78 Å². The lowest BCUT2D eigenvalue weighted by Gasteiger charge is -1.99. The number of ether oxygens (including phenoxy) is 2. The third-order valence-corrected chi connectivity index (χ3v) is 1.01. The molecule has 58 valence electrons. The zero-order valence-electron chi connectivity index (χ0n) is 6.51. The molecule has 0 aliphatic carbocycles. The van der Waals surface area contributed by atoms with E-state index in [4.69, 9.17) is 4.74 Å². The van der Waals surface area contributed by atoms with E-state index in [0.29, 0.717) is 12.2 Å². The highest BCUT2D eigenvalue weighted by Gasteiger charge is 2.01. The van der Waals surface area contributed by atoms with E-state index in [0.717, 1.165) is 0 Å². The molecule has 3 heteroatoms. The minimum atomic E-state index is -0.0244. The van der Waals surface area contributed by atoms with Crippen LogP contribution in [0.1, 0.15) is 6.92 Å². The maximum atomic E-state index is 10.7. The maximum absolute atomic E-state index is 10.7. The van der Waals surface area contributed by atoms with Crippen LogP contribution in [0.25, 0.3) is 0 Å². The van der Waals surface area contributed by atoms with Crippen molar-refractivity contribution in [2.75, 3.05) is 20.8 Å². The van der Waals surface area contributed by atoms with Gasteiger partial charge in [0.1, 0.15) is 0 Å². The first kappa shape index (κ1) is 9.17. The summed E-state index contributed by atoms with van der Waals surface area (Å²) in [5.74, 6) is -0.0244. The fourth-order valence-electron chi connectivity index (χ4n) is 0.516. The highest BCUT2D eigenvalue weighted by atomic mass is 16.5. The molecule has 0 aromatic rings. The Kier molecular flexibility index (Phi) is 4.58. The molecule has 0 unspecified atom stereocenters. The van der Waals surface area contributed by atoms with Gasteiger partial charge in [0.25, 0.3) is 0 Å². The Balaban J connectivity index is 3.98. The monoisotopic (exact) mass is 144 g/mol. The van der Waals surface area contributed by atoms with Gasteiger partial charge in [0.15, 0.2) is 5.78 Å². The summed E-state index contributed by atoms with van der Waals surface area (Å²) in [4.78, 5) is 10.7.